The topological polar surface area (TPSA) is 94.5 Å². The molecule has 1 heterocycles. The number of hydrogen-bond acceptors (Lipinski definition) is 7. The molecule has 2 aromatic carbocycles. The van der Waals surface area contributed by atoms with Crippen molar-refractivity contribution in [2.75, 3.05) is 41.6 Å². The number of aliphatic hydroxyl groups is 1. The first-order chi connectivity index (χ1) is 15.4. The number of benzene rings is 2. The van der Waals surface area contributed by atoms with E-state index in [1.165, 1.54) is 33.3 Å². The van der Waals surface area contributed by atoms with Gasteiger partial charge < -0.3 is 29.0 Å². The van der Waals surface area contributed by atoms with Crippen LogP contribution in [-0.4, -0.2) is 63.3 Å². The molecule has 1 fully saturated rings. The lowest BCUT2D eigenvalue weighted by Crippen LogP contribution is -2.32. The Bertz CT molecular complexity index is 1020. The van der Waals surface area contributed by atoms with Crippen LogP contribution in [0.4, 0.5) is 0 Å². The van der Waals surface area contributed by atoms with E-state index in [0.29, 0.717) is 33.4 Å². The van der Waals surface area contributed by atoms with E-state index in [9.17, 15) is 14.7 Å². The van der Waals surface area contributed by atoms with Gasteiger partial charge in [0.25, 0.3) is 11.7 Å². The Kier molecular flexibility index (Phi) is 7.27. The number of likely N-dealkylation sites (tertiary alicyclic amines) is 1. The Balaban J connectivity index is 2.25. The first-order valence-electron chi connectivity index (χ1n) is 9.71. The summed E-state index contributed by atoms with van der Waals surface area (Å²) in [6.07, 6.45) is 0. The summed E-state index contributed by atoms with van der Waals surface area (Å²) in [5.41, 5.74) is 0.810. The SMILES string of the molecule is COCCN1C(=O)C(=O)/C(=C(/O)c2ccc(Cl)cc2)[C@@H]1c1cc(OC)c(OC)c(OC)c1. The third-order valence-electron chi connectivity index (χ3n) is 5.20. The number of ketones is 1. The van der Waals surface area contributed by atoms with Crippen LogP contribution in [0, 0.1) is 0 Å². The third kappa shape index (κ3) is 4.24. The highest BCUT2D eigenvalue weighted by Gasteiger charge is 2.46. The number of carbonyl (C=O) groups is 2. The van der Waals surface area contributed by atoms with Gasteiger partial charge in [-0.25, -0.2) is 0 Å². The third-order valence-corrected chi connectivity index (χ3v) is 5.45. The van der Waals surface area contributed by atoms with E-state index >= 15 is 0 Å². The number of ether oxygens (including phenoxy) is 4. The van der Waals surface area contributed by atoms with Crippen LogP contribution < -0.4 is 14.2 Å². The average molecular weight is 462 g/mol. The first kappa shape index (κ1) is 23.4. The number of nitrogens with zero attached hydrogens (tertiary/aromatic N) is 1. The van der Waals surface area contributed by atoms with Crippen molar-refractivity contribution < 1.29 is 33.6 Å². The minimum absolute atomic E-state index is 0.0531. The summed E-state index contributed by atoms with van der Waals surface area (Å²) < 4.78 is 21.4. The van der Waals surface area contributed by atoms with Crippen LogP contribution in [0.1, 0.15) is 17.2 Å². The zero-order valence-corrected chi connectivity index (χ0v) is 18.9. The predicted molar refractivity (Wildman–Crippen MR) is 118 cm³/mol. The van der Waals surface area contributed by atoms with Crippen molar-refractivity contribution in [1.82, 2.24) is 4.90 Å². The number of carbonyl (C=O) groups excluding carboxylic acids is 2. The number of methoxy groups -OCH3 is 4. The fraction of sp³-hybridized carbons (Fsp3) is 0.304. The summed E-state index contributed by atoms with van der Waals surface area (Å²) in [4.78, 5) is 27.3. The monoisotopic (exact) mass is 461 g/mol. The summed E-state index contributed by atoms with van der Waals surface area (Å²) in [6.45, 7) is 0.342. The van der Waals surface area contributed by atoms with Gasteiger partial charge in [-0.2, -0.15) is 0 Å². The number of aliphatic hydroxyl groups excluding tert-OH is 1. The van der Waals surface area contributed by atoms with Crippen molar-refractivity contribution in [3.63, 3.8) is 0 Å². The lowest BCUT2D eigenvalue weighted by Gasteiger charge is -2.26. The van der Waals surface area contributed by atoms with Gasteiger partial charge in [0, 0.05) is 24.2 Å². The van der Waals surface area contributed by atoms with Gasteiger partial charge in [-0.1, -0.05) is 11.6 Å². The Morgan fingerprint density at radius 3 is 2.09 bits per heavy atom. The predicted octanol–water partition coefficient (Wildman–Crippen LogP) is 3.43. The van der Waals surface area contributed by atoms with Gasteiger partial charge in [-0.15, -0.1) is 0 Å². The lowest BCUT2D eigenvalue weighted by atomic mass is 9.94. The van der Waals surface area contributed by atoms with Crippen LogP contribution >= 0.6 is 11.6 Å². The van der Waals surface area contributed by atoms with E-state index in [1.54, 1.807) is 36.4 Å². The molecular formula is C23H24ClNO7. The minimum Gasteiger partial charge on any atom is -0.507 e. The normalized spacial score (nSPS) is 17.5. The molecule has 32 heavy (non-hydrogen) atoms. The van der Waals surface area contributed by atoms with Crippen LogP contribution in [0.5, 0.6) is 17.2 Å². The molecule has 1 amide bonds. The molecule has 8 nitrogen and oxygen atoms in total. The summed E-state index contributed by atoms with van der Waals surface area (Å²) in [5, 5.41) is 11.5. The van der Waals surface area contributed by atoms with E-state index in [2.05, 4.69) is 0 Å². The van der Waals surface area contributed by atoms with E-state index in [-0.39, 0.29) is 24.5 Å². The Labute approximate surface area is 190 Å². The van der Waals surface area contributed by atoms with E-state index in [4.69, 9.17) is 30.5 Å². The van der Waals surface area contributed by atoms with Gasteiger partial charge in [-0.3, -0.25) is 9.59 Å². The summed E-state index contributed by atoms with van der Waals surface area (Å²) in [7, 11) is 5.91. The maximum Gasteiger partial charge on any atom is 0.295 e. The molecule has 1 atom stereocenters. The van der Waals surface area contributed by atoms with Crippen LogP contribution in [0.2, 0.25) is 5.02 Å². The molecule has 1 N–H and O–H groups in total. The minimum atomic E-state index is -0.894. The number of rotatable bonds is 8. The molecule has 0 aromatic heterocycles. The zero-order valence-electron chi connectivity index (χ0n) is 18.2. The van der Waals surface area contributed by atoms with E-state index in [1.807, 2.05) is 0 Å². The van der Waals surface area contributed by atoms with Gasteiger partial charge >= 0.3 is 0 Å². The maximum absolute atomic E-state index is 13.0. The van der Waals surface area contributed by atoms with Gasteiger partial charge in [-0.05, 0) is 42.0 Å². The van der Waals surface area contributed by atoms with Crippen LogP contribution in [0.15, 0.2) is 42.0 Å². The Hall–Kier alpha value is -3.23. The standard InChI is InChI=1S/C23H24ClNO7/c1-29-10-9-25-19(14-11-16(30-2)22(32-4)17(12-14)31-3)18(21(27)23(25)28)20(26)13-5-7-15(24)8-6-13/h5-8,11-12,19,26H,9-10H2,1-4H3/b20-18+/t19-/m0/s1. The number of Topliss-reactive ketones (excluding diaryl/α,β-unsaturated/α-hetero) is 1. The van der Waals surface area contributed by atoms with Gasteiger partial charge in [0.05, 0.1) is 39.6 Å². The molecule has 0 radical (unpaired) electrons. The number of hydrogen-bond donors (Lipinski definition) is 1. The number of amides is 1. The van der Waals surface area contributed by atoms with Gasteiger partial charge in [0.2, 0.25) is 5.75 Å². The maximum atomic E-state index is 13.0. The molecule has 0 bridgehead atoms. The molecule has 3 rings (SSSR count). The fourth-order valence-corrected chi connectivity index (χ4v) is 3.80. The zero-order chi connectivity index (χ0) is 23.4. The molecule has 1 saturated heterocycles. The molecule has 9 heteroatoms. The molecular weight excluding hydrogens is 438 g/mol. The molecule has 1 aliphatic rings. The lowest BCUT2D eigenvalue weighted by molar-refractivity contribution is -0.140. The Morgan fingerprint density at radius 1 is 1.00 bits per heavy atom. The smallest absolute Gasteiger partial charge is 0.295 e. The largest absolute Gasteiger partial charge is 0.507 e. The van der Waals surface area contributed by atoms with Crippen molar-refractivity contribution in [2.45, 2.75) is 6.04 Å². The molecule has 1 aliphatic heterocycles. The first-order valence-corrected chi connectivity index (χ1v) is 10.1. The summed E-state index contributed by atoms with van der Waals surface area (Å²) in [6, 6.07) is 8.73. The highest BCUT2D eigenvalue weighted by atomic mass is 35.5. The Morgan fingerprint density at radius 2 is 1.59 bits per heavy atom. The molecule has 0 saturated carbocycles. The number of halogens is 1. The van der Waals surface area contributed by atoms with Crippen LogP contribution in [0.3, 0.4) is 0 Å². The van der Waals surface area contributed by atoms with E-state index < -0.39 is 17.7 Å². The molecule has 0 aliphatic carbocycles. The molecule has 0 spiro atoms. The van der Waals surface area contributed by atoms with Gasteiger partial charge in [0.15, 0.2) is 11.5 Å². The van der Waals surface area contributed by atoms with Crippen molar-refractivity contribution in [1.29, 1.82) is 0 Å². The summed E-state index contributed by atoms with van der Waals surface area (Å²) in [5.74, 6) is -0.774. The van der Waals surface area contributed by atoms with Crippen LogP contribution in [0.25, 0.3) is 5.76 Å². The second kappa shape index (κ2) is 9.93. The molecule has 170 valence electrons. The fourth-order valence-electron chi connectivity index (χ4n) is 3.67. The van der Waals surface area contributed by atoms with Crippen molar-refractivity contribution in [3.05, 3.63) is 58.1 Å². The summed E-state index contributed by atoms with van der Waals surface area (Å²) >= 11 is 5.95. The molecule has 0 unspecified atom stereocenters. The van der Waals surface area contributed by atoms with Crippen LogP contribution in [-0.2, 0) is 14.3 Å². The second-order valence-corrected chi connectivity index (χ2v) is 7.39. The van der Waals surface area contributed by atoms with Crippen molar-refractivity contribution >= 4 is 29.1 Å². The van der Waals surface area contributed by atoms with Gasteiger partial charge in [0.1, 0.15) is 5.76 Å². The highest BCUT2D eigenvalue weighted by Crippen LogP contribution is 2.45. The van der Waals surface area contributed by atoms with E-state index in [0.717, 1.165) is 0 Å². The second-order valence-electron chi connectivity index (χ2n) is 6.95. The average Bonchev–Trinajstić information content (AvgIpc) is 3.06. The highest BCUT2D eigenvalue weighted by molar-refractivity contribution is 6.46. The van der Waals surface area contributed by atoms with Crippen molar-refractivity contribution in [3.8, 4) is 17.2 Å². The molecule has 2 aromatic rings. The quantitative estimate of drug-likeness (QED) is 0.365. The van der Waals surface area contributed by atoms with Crippen molar-refractivity contribution in [2.24, 2.45) is 0 Å².